The molecule has 2 heterocycles. The highest BCUT2D eigenvalue weighted by atomic mass is 16.5. The van der Waals surface area contributed by atoms with Crippen LogP contribution in [0.2, 0.25) is 0 Å². The van der Waals surface area contributed by atoms with Crippen LogP contribution in [0, 0.1) is 0 Å². The number of ether oxygens (including phenoxy) is 2. The summed E-state index contributed by atoms with van der Waals surface area (Å²) in [6, 6.07) is 14.3. The van der Waals surface area contributed by atoms with E-state index in [0.717, 1.165) is 5.56 Å². The van der Waals surface area contributed by atoms with E-state index in [0.29, 0.717) is 39.6 Å². The van der Waals surface area contributed by atoms with E-state index >= 15 is 0 Å². The molecular weight excluding hydrogens is 372 g/mol. The number of methoxy groups -OCH3 is 1. The van der Waals surface area contributed by atoms with Gasteiger partial charge in [-0.1, -0.05) is 30.3 Å². The number of esters is 1. The van der Waals surface area contributed by atoms with Crippen LogP contribution < -0.4 is 15.0 Å². The number of benzene rings is 2. The van der Waals surface area contributed by atoms with Crippen LogP contribution in [-0.2, 0) is 11.8 Å². The van der Waals surface area contributed by atoms with E-state index in [1.54, 1.807) is 29.9 Å². The fraction of sp³-hybridized carbons (Fsp3) is 0.143. The average Bonchev–Trinajstić information content (AvgIpc) is 3.05. The van der Waals surface area contributed by atoms with Gasteiger partial charge >= 0.3 is 5.97 Å². The summed E-state index contributed by atoms with van der Waals surface area (Å²) in [7, 11) is 3.23. The molecule has 0 aliphatic heterocycles. The Morgan fingerprint density at radius 3 is 2.59 bits per heavy atom. The summed E-state index contributed by atoms with van der Waals surface area (Å²) in [4.78, 5) is 31.5. The molecule has 2 aromatic carbocycles. The van der Waals surface area contributed by atoms with Gasteiger partial charge in [0.1, 0.15) is 28.4 Å². The molecule has 0 radical (unpaired) electrons. The second-order valence-electron chi connectivity index (χ2n) is 6.41. The molecule has 1 N–H and O–H groups in total. The number of carbonyl (C=O) groups excluding carboxylic acids is 1. The fourth-order valence-electron chi connectivity index (χ4n) is 3.18. The Morgan fingerprint density at radius 2 is 1.90 bits per heavy atom. The van der Waals surface area contributed by atoms with Crippen molar-refractivity contribution in [3.63, 3.8) is 0 Å². The Labute approximate surface area is 165 Å². The van der Waals surface area contributed by atoms with Crippen LogP contribution in [0.15, 0.2) is 53.3 Å². The summed E-state index contributed by atoms with van der Waals surface area (Å²) < 4.78 is 12.1. The lowest BCUT2D eigenvalue weighted by Crippen LogP contribution is -2.11. The molecule has 8 heteroatoms. The molecule has 0 bridgehead atoms. The predicted octanol–water partition coefficient (Wildman–Crippen LogP) is 2.92. The third-order valence-corrected chi connectivity index (χ3v) is 4.43. The van der Waals surface area contributed by atoms with Crippen molar-refractivity contribution >= 4 is 17.0 Å². The van der Waals surface area contributed by atoms with Gasteiger partial charge in [0, 0.05) is 25.6 Å². The highest BCUT2D eigenvalue weighted by molar-refractivity contribution is 5.91. The van der Waals surface area contributed by atoms with Gasteiger partial charge < -0.3 is 14.5 Å². The molecule has 0 unspecified atom stereocenters. The van der Waals surface area contributed by atoms with E-state index in [4.69, 9.17) is 9.47 Å². The first kappa shape index (κ1) is 18.4. The number of hydrogen-bond donors (Lipinski definition) is 1. The third kappa shape index (κ3) is 3.36. The van der Waals surface area contributed by atoms with E-state index in [9.17, 15) is 9.59 Å². The lowest BCUT2D eigenvalue weighted by molar-refractivity contribution is -0.131. The molecule has 4 rings (SSSR count). The van der Waals surface area contributed by atoms with Gasteiger partial charge in [-0.2, -0.15) is 5.10 Å². The van der Waals surface area contributed by atoms with E-state index in [-0.39, 0.29) is 5.56 Å². The topological polar surface area (TPSA) is 99.1 Å². The van der Waals surface area contributed by atoms with Gasteiger partial charge in [0.2, 0.25) is 0 Å². The van der Waals surface area contributed by atoms with Crippen LogP contribution in [0.3, 0.4) is 0 Å². The minimum absolute atomic E-state index is 0.303. The van der Waals surface area contributed by atoms with Crippen molar-refractivity contribution in [3.8, 4) is 34.1 Å². The molecule has 0 aliphatic carbocycles. The second-order valence-corrected chi connectivity index (χ2v) is 6.41. The molecule has 0 atom stereocenters. The van der Waals surface area contributed by atoms with E-state index in [1.807, 2.05) is 30.3 Å². The van der Waals surface area contributed by atoms with Gasteiger partial charge in [0.05, 0.1) is 12.7 Å². The summed E-state index contributed by atoms with van der Waals surface area (Å²) in [6.45, 7) is 1.32. The molecule has 0 aliphatic rings. The van der Waals surface area contributed by atoms with Crippen LogP contribution in [0.5, 0.6) is 11.5 Å². The van der Waals surface area contributed by atoms with Crippen molar-refractivity contribution in [2.24, 2.45) is 7.05 Å². The standard InChI is InChI=1S/C21H18N4O4/c1-12(26)29-14-9-10-15(16(11-14)28-3)19-22-20-17(21(27)23-19)18(24-25(20)2)13-7-5-4-6-8-13/h4-11H,1-3H3,(H,22,23,27). The normalized spacial score (nSPS) is 10.9. The zero-order chi connectivity index (χ0) is 20.5. The highest BCUT2D eigenvalue weighted by Crippen LogP contribution is 2.32. The maximum atomic E-state index is 12.9. The maximum Gasteiger partial charge on any atom is 0.308 e. The molecule has 0 saturated carbocycles. The number of rotatable bonds is 4. The molecule has 0 fully saturated rings. The summed E-state index contributed by atoms with van der Waals surface area (Å²) in [5, 5.41) is 4.91. The van der Waals surface area contributed by atoms with E-state index in [2.05, 4.69) is 15.1 Å². The first-order chi connectivity index (χ1) is 14.0. The van der Waals surface area contributed by atoms with Crippen LogP contribution in [0.25, 0.3) is 33.7 Å². The van der Waals surface area contributed by atoms with Gasteiger partial charge in [-0.15, -0.1) is 0 Å². The SMILES string of the molecule is COc1cc(OC(C)=O)ccc1-c1nc2c(c(-c3ccccc3)nn2C)c(=O)[nH]1. The number of nitrogens with one attached hydrogen (secondary N) is 1. The van der Waals surface area contributed by atoms with Crippen molar-refractivity contribution in [1.82, 2.24) is 19.7 Å². The molecule has 0 saturated heterocycles. The molecule has 2 aromatic heterocycles. The number of hydrogen-bond acceptors (Lipinski definition) is 6. The van der Waals surface area contributed by atoms with Crippen LogP contribution >= 0.6 is 0 Å². The lowest BCUT2D eigenvalue weighted by Gasteiger charge is -2.10. The molecule has 8 nitrogen and oxygen atoms in total. The number of H-pyrrole nitrogens is 1. The second kappa shape index (κ2) is 7.23. The summed E-state index contributed by atoms with van der Waals surface area (Å²) in [5.41, 5.74) is 2.11. The number of aryl methyl sites for hydroxylation is 1. The van der Waals surface area contributed by atoms with Crippen molar-refractivity contribution in [1.29, 1.82) is 0 Å². The zero-order valence-corrected chi connectivity index (χ0v) is 16.1. The van der Waals surface area contributed by atoms with Crippen molar-refractivity contribution < 1.29 is 14.3 Å². The largest absolute Gasteiger partial charge is 0.496 e. The molecule has 4 aromatic rings. The molecular formula is C21H18N4O4. The van der Waals surface area contributed by atoms with E-state index < -0.39 is 5.97 Å². The van der Waals surface area contributed by atoms with Gasteiger partial charge in [0.25, 0.3) is 5.56 Å². The number of nitrogens with zero attached hydrogens (tertiary/aromatic N) is 3. The quantitative estimate of drug-likeness (QED) is 0.425. The summed E-state index contributed by atoms with van der Waals surface area (Å²) in [5.74, 6) is 0.651. The maximum absolute atomic E-state index is 12.9. The van der Waals surface area contributed by atoms with Crippen LogP contribution in [0.4, 0.5) is 0 Å². The van der Waals surface area contributed by atoms with Gasteiger partial charge in [-0.05, 0) is 12.1 Å². The third-order valence-electron chi connectivity index (χ3n) is 4.43. The Morgan fingerprint density at radius 1 is 1.14 bits per heavy atom. The van der Waals surface area contributed by atoms with Gasteiger partial charge in [-0.25, -0.2) is 9.67 Å². The first-order valence-electron chi connectivity index (χ1n) is 8.87. The molecule has 0 amide bonds. The Hall–Kier alpha value is -3.94. The first-order valence-corrected chi connectivity index (χ1v) is 8.87. The Balaban J connectivity index is 1.88. The molecule has 0 spiro atoms. The monoisotopic (exact) mass is 390 g/mol. The van der Waals surface area contributed by atoms with E-state index in [1.165, 1.54) is 14.0 Å². The minimum Gasteiger partial charge on any atom is -0.496 e. The number of fused-ring (bicyclic) bond motifs is 1. The van der Waals surface area contributed by atoms with Crippen LogP contribution in [-0.4, -0.2) is 32.8 Å². The lowest BCUT2D eigenvalue weighted by atomic mass is 10.1. The van der Waals surface area contributed by atoms with Gasteiger partial charge in [0.15, 0.2) is 5.65 Å². The number of aromatic nitrogens is 4. The highest BCUT2D eigenvalue weighted by Gasteiger charge is 2.19. The smallest absolute Gasteiger partial charge is 0.308 e. The number of aromatic amines is 1. The molecule has 146 valence electrons. The Kier molecular flexibility index (Phi) is 4.59. The van der Waals surface area contributed by atoms with Crippen molar-refractivity contribution in [3.05, 3.63) is 58.9 Å². The van der Waals surface area contributed by atoms with Gasteiger partial charge in [-0.3, -0.25) is 9.59 Å². The number of carbonyl (C=O) groups is 1. The zero-order valence-electron chi connectivity index (χ0n) is 16.1. The molecule has 29 heavy (non-hydrogen) atoms. The summed E-state index contributed by atoms with van der Waals surface area (Å²) >= 11 is 0. The summed E-state index contributed by atoms with van der Waals surface area (Å²) in [6.07, 6.45) is 0. The van der Waals surface area contributed by atoms with Crippen molar-refractivity contribution in [2.45, 2.75) is 6.92 Å². The average molecular weight is 390 g/mol. The Bertz CT molecular complexity index is 1280. The van der Waals surface area contributed by atoms with Crippen molar-refractivity contribution in [2.75, 3.05) is 7.11 Å². The minimum atomic E-state index is -0.434. The van der Waals surface area contributed by atoms with Crippen LogP contribution in [0.1, 0.15) is 6.92 Å². The predicted molar refractivity (Wildman–Crippen MR) is 108 cm³/mol. The fourth-order valence-corrected chi connectivity index (χ4v) is 3.18.